The van der Waals surface area contributed by atoms with Gasteiger partial charge in [-0.1, -0.05) is 6.08 Å². The molecule has 0 rings (SSSR count). The second-order valence-electron chi connectivity index (χ2n) is 2.06. The summed E-state index contributed by atoms with van der Waals surface area (Å²) >= 11 is 0. The molecule has 0 spiro atoms. The van der Waals surface area contributed by atoms with E-state index in [1.807, 2.05) is 0 Å². The molecule has 0 aliphatic carbocycles. The Morgan fingerprint density at radius 2 is 2.00 bits per heavy atom. The molecule has 1 nitrogen and oxygen atoms in total. The van der Waals surface area contributed by atoms with Gasteiger partial charge in [0.1, 0.15) is 6.10 Å². The first-order valence-electron chi connectivity index (χ1n) is 3.20. The zero-order valence-electron chi connectivity index (χ0n) is 6.36. The van der Waals surface area contributed by atoms with Crippen LogP contribution in [0.1, 0.15) is 13.3 Å². The molecule has 0 saturated carbocycles. The van der Waals surface area contributed by atoms with Crippen molar-refractivity contribution in [3.63, 3.8) is 0 Å². The van der Waals surface area contributed by atoms with E-state index in [0.717, 1.165) is 6.08 Å². The summed E-state index contributed by atoms with van der Waals surface area (Å²) in [4.78, 5) is 0. The minimum absolute atomic E-state index is 0.0389. The third-order valence-electron chi connectivity index (χ3n) is 1.01. The molecule has 1 unspecified atom stereocenters. The van der Waals surface area contributed by atoms with Crippen LogP contribution in [0.15, 0.2) is 24.5 Å². The van der Waals surface area contributed by atoms with Crippen molar-refractivity contribution in [3.05, 3.63) is 24.5 Å². The van der Waals surface area contributed by atoms with Crippen molar-refractivity contribution < 1.29 is 22.3 Å². The molecular weight excluding hydrogens is 176 g/mol. The monoisotopic (exact) mass is 184 g/mol. The number of hydrogen-bond donors (Lipinski definition) is 0. The predicted molar refractivity (Wildman–Crippen MR) is 35.8 cm³/mol. The van der Waals surface area contributed by atoms with E-state index in [9.17, 15) is 17.6 Å². The zero-order valence-corrected chi connectivity index (χ0v) is 6.36. The Labute approximate surface area is 67.3 Å². The van der Waals surface area contributed by atoms with Gasteiger partial charge in [-0.05, 0) is 6.92 Å². The summed E-state index contributed by atoms with van der Waals surface area (Å²) in [6, 6.07) is -1.91. The highest BCUT2D eigenvalue weighted by Crippen LogP contribution is 2.14. The third-order valence-corrected chi connectivity index (χ3v) is 1.01. The van der Waals surface area contributed by atoms with Crippen LogP contribution in [0.4, 0.5) is 17.6 Å². The molecule has 70 valence electrons. The summed E-state index contributed by atoms with van der Waals surface area (Å²) in [5, 5.41) is 0. The van der Waals surface area contributed by atoms with Crippen LogP contribution in [-0.2, 0) is 4.74 Å². The number of rotatable bonds is 4. The Morgan fingerprint density at radius 3 is 2.42 bits per heavy atom. The van der Waals surface area contributed by atoms with Crippen LogP contribution in [0, 0.1) is 0 Å². The first-order valence-corrected chi connectivity index (χ1v) is 3.20. The SMILES string of the molecule is CC(CC=CF)OC(F)=C(F)F. The molecule has 0 aromatic carbocycles. The molecule has 0 aliphatic rings. The molecule has 0 fully saturated rings. The molecule has 12 heavy (non-hydrogen) atoms. The minimum atomic E-state index is -2.51. The van der Waals surface area contributed by atoms with Gasteiger partial charge >= 0.3 is 12.1 Å². The summed E-state index contributed by atoms with van der Waals surface area (Å²) in [5.74, 6) is 0. The van der Waals surface area contributed by atoms with E-state index in [1.54, 1.807) is 0 Å². The first-order chi connectivity index (χ1) is 5.57. The Hall–Kier alpha value is -1.00. The van der Waals surface area contributed by atoms with E-state index in [4.69, 9.17) is 0 Å². The molecule has 0 N–H and O–H groups in total. The minimum Gasteiger partial charge on any atom is -0.464 e. The van der Waals surface area contributed by atoms with E-state index in [-0.39, 0.29) is 12.8 Å². The average Bonchev–Trinajstić information content (AvgIpc) is 2.00. The molecule has 0 saturated heterocycles. The number of halogens is 4. The Kier molecular flexibility index (Phi) is 5.16. The molecule has 1 atom stereocenters. The van der Waals surface area contributed by atoms with Crippen molar-refractivity contribution in [1.29, 1.82) is 0 Å². The molecule has 0 aromatic heterocycles. The zero-order chi connectivity index (χ0) is 9.56. The van der Waals surface area contributed by atoms with Crippen LogP contribution in [0.2, 0.25) is 0 Å². The van der Waals surface area contributed by atoms with Gasteiger partial charge in [-0.25, -0.2) is 4.39 Å². The second kappa shape index (κ2) is 5.62. The molecule has 0 bridgehead atoms. The van der Waals surface area contributed by atoms with E-state index >= 15 is 0 Å². The topological polar surface area (TPSA) is 9.23 Å². The van der Waals surface area contributed by atoms with Gasteiger partial charge in [0.15, 0.2) is 0 Å². The van der Waals surface area contributed by atoms with Gasteiger partial charge in [0, 0.05) is 6.42 Å². The van der Waals surface area contributed by atoms with Crippen LogP contribution in [0.5, 0.6) is 0 Å². The van der Waals surface area contributed by atoms with E-state index < -0.39 is 18.2 Å². The lowest BCUT2D eigenvalue weighted by Gasteiger charge is -2.08. The first kappa shape index (κ1) is 11.0. The van der Waals surface area contributed by atoms with E-state index in [0.29, 0.717) is 0 Å². The highest BCUT2D eigenvalue weighted by molar-refractivity contribution is 4.83. The van der Waals surface area contributed by atoms with Crippen LogP contribution in [0.3, 0.4) is 0 Å². The maximum Gasteiger partial charge on any atom is 0.342 e. The van der Waals surface area contributed by atoms with Crippen molar-refractivity contribution in [1.82, 2.24) is 0 Å². The summed E-state index contributed by atoms with van der Waals surface area (Å²) in [6.45, 7) is 1.35. The summed E-state index contributed by atoms with van der Waals surface area (Å²) in [6.07, 6.45) is -1.98. The molecule has 0 amide bonds. The van der Waals surface area contributed by atoms with Crippen molar-refractivity contribution in [3.8, 4) is 0 Å². The quantitative estimate of drug-likeness (QED) is 0.481. The van der Waals surface area contributed by atoms with Crippen molar-refractivity contribution >= 4 is 0 Å². The maximum absolute atomic E-state index is 12.0. The lowest BCUT2D eigenvalue weighted by molar-refractivity contribution is 0.0648. The van der Waals surface area contributed by atoms with Gasteiger partial charge in [-0.15, -0.1) is 0 Å². The second-order valence-corrected chi connectivity index (χ2v) is 2.06. The molecular formula is C7H8F4O. The van der Waals surface area contributed by atoms with Crippen LogP contribution < -0.4 is 0 Å². The van der Waals surface area contributed by atoms with Crippen molar-refractivity contribution in [2.45, 2.75) is 19.4 Å². The normalized spacial score (nSPS) is 13.1. The molecule has 5 heteroatoms. The van der Waals surface area contributed by atoms with Crippen LogP contribution in [0.25, 0.3) is 0 Å². The van der Waals surface area contributed by atoms with Gasteiger partial charge in [0.05, 0.1) is 6.33 Å². The molecule has 0 heterocycles. The Balaban J connectivity index is 3.84. The fourth-order valence-corrected chi connectivity index (χ4v) is 0.512. The molecule has 0 aliphatic heterocycles. The summed E-state index contributed by atoms with van der Waals surface area (Å²) in [7, 11) is 0. The van der Waals surface area contributed by atoms with Gasteiger partial charge in [-0.3, -0.25) is 0 Å². The summed E-state index contributed by atoms with van der Waals surface area (Å²) in [5.41, 5.74) is 0. The highest BCUT2D eigenvalue weighted by atomic mass is 19.3. The van der Waals surface area contributed by atoms with Gasteiger partial charge in [-0.2, -0.15) is 13.2 Å². The molecule has 0 radical (unpaired) electrons. The van der Waals surface area contributed by atoms with Crippen LogP contribution in [-0.4, -0.2) is 6.10 Å². The van der Waals surface area contributed by atoms with Crippen LogP contribution >= 0.6 is 0 Å². The largest absolute Gasteiger partial charge is 0.464 e. The van der Waals surface area contributed by atoms with E-state index in [1.165, 1.54) is 6.92 Å². The fraction of sp³-hybridized carbons (Fsp3) is 0.429. The Bertz CT molecular complexity index is 184. The predicted octanol–water partition coefficient (Wildman–Crippen LogP) is 3.30. The third kappa shape index (κ3) is 4.76. The van der Waals surface area contributed by atoms with Gasteiger partial charge in [0.2, 0.25) is 0 Å². The maximum atomic E-state index is 12.0. The van der Waals surface area contributed by atoms with E-state index in [2.05, 4.69) is 4.74 Å². The smallest absolute Gasteiger partial charge is 0.342 e. The van der Waals surface area contributed by atoms with Gasteiger partial charge < -0.3 is 4.74 Å². The van der Waals surface area contributed by atoms with Crippen molar-refractivity contribution in [2.75, 3.05) is 0 Å². The average molecular weight is 184 g/mol. The number of ether oxygens (including phenoxy) is 1. The number of hydrogen-bond acceptors (Lipinski definition) is 1. The fourth-order valence-electron chi connectivity index (χ4n) is 0.512. The lowest BCUT2D eigenvalue weighted by Crippen LogP contribution is -2.04. The Morgan fingerprint density at radius 1 is 1.42 bits per heavy atom. The summed E-state index contributed by atoms with van der Waals surface area (Å²) < 4.78 is 50.2. The lowest BCUT2D eigenvalue weighted by atomic mass is 10.3. The van der Waals surface area contributed by atoms with Crippen molar-refractivity contribution in [2.24, 2.45) is 0 Å². The van der Waals surface area contributed by atoms with Gasteiger partial charge in [0.25, 0.3) is 0 Å². The molecule has 0 aromatic rings. The standard InChI is InChI=1S/C7H8F4O/c1-5(3-2-4-8)12-7(11)6(9)10/h2,4-5H,3H2,1H3. The highest BCUT2D eigenvalue weighted by Gasteiger charge is 2.09.